The fraction of sp³-hybridized carbons (Fsp3) is 0.421. The number of piperidine rings is 1. The first-order chi connectivity index (χ1) is 13.1. The van der Waals surface area contributed by atoms with E-state index in [2.05, 4.69) is 25.3 Å². The number of rotatable bonds is 5. The number of nitrogens with zero attached hydrogens (tertiary/aromatic N) is 4. The van der Waals surface area contributed by atoms with E-state index in [4.69, 9.17) is 4.74 Å². The smallest absolute Gasteiger partial charge is 0.294 e. The Labute approximate surface area is 157 Å². The minimum Gasteiger partial charge on any atom is -0.465 e. The highest BCUT2D eigenvalue weighted by Gasteiger charge is 2.23. The van der Waals surface area contributed by atoms with Crippen LogP contribution in [0.2, 0.25) is 0 Å². The van der Waals surface area contributed by atoms with Crippen LogP contribution in [0.5, 0.6) is 6.01 Å². The molecule has 1 atom stereocenters. The molecule has 3 aromatic rings. The zero-order valence-corrected chi connectivity index (χ0v) is 15.6. The number of aromatic amines is 1. The highest BCUT2D eigenvalue weighted by Crippen LogP contribution is 2.20. The van der Waals surface area contributed by atoms with E-state index in [9.17, 15) is 4.79 Å². The highest BCUT2D eigenvalue weighted by atomic mass is 16.5. The predicted molar refractivity (Wildman–Crippen MR) is 103 cm³/mol. The van der Waals surface area contributed by atoms with Crippen LogP contribution in [0.4, 0.5) is 5.69 Å². The molecule has 27 heavy (non-hydrogen) atoms. The van der Waals surface area contributed by atoms with E-state index in [-0.39, 0.29) is 11.9 Å². The van der Waals surface area contributed by atoms with Crippen molar-refractivity contribution in [2.24, 2.45) is 7.05 Å². The van der Waals surface area contributed by atoms with Crippen LogP contribution in [0.3, 0.4) is 0 Å². The van der Waals surface area contributed by atoms with Crippen molar-refractivity contribution in [1.82, 2.24) is 25.1 Å². The number of hydrogen-bond donors (Lipinski definition) is 2. The van der Waals surface area contributed by atoms with Gasteiger partial charge < -0.3 is 19.9 Å². The van der Waals surface area contributed by atoms with Gasteiger partial charge in [-0.25, -0.2) is 0 Å². The molecule has 0 radical (unpaired) electrons. The molecule has 1 aromatic carbocycles. The van der Waals surface area contributed by atoms with Gasteiger partial charge in [-0.3, -0.25) is 9.48 Å². The summed E-state index contributed by atoms with van der Waals surface area (Å²) in [6.07, 6.45) is 5.89. The SMILES string of the molecule is CCOc1nc2ccc(C(=O)NC3CCCN(c4cnn(C)c4)C3)cc2[nH]1. The molecule has 3 heterocycles. The fourth-order valence-electron chi connectivity index (χ4n) is 3.50. The van der Waals surface area contributed by atoms with Gasteiger partial charge in [0.2, 0.25) is 0 Å². The number of imidazole rings is 1. The topological polar surface area (TPSA) is 88.1 Å². The van der Waals surface area contributed by atoms with Crippen molar-refractivity contribution >= 4 is 22.6 Å². The third kappa shape index (κ3) is 3.74. The second-order valence-electron chi connectivity index (χ2n) is 6.84. The van der Waals surface area contributed by atoms with Crippen molar-refractivity contribution in [1.29, 1.82) is 0 Å². The van der Waals surface area contributed by atoms with Crippen LogP contribution in [0.15, 0.2) is 30.6 Å². The maximum absolute atomic E-state index is 12.7. The van der Waals surface area contributed by atoms with E-state index in [0.717, 1.165) is 42.7 Å². The molecule has 8 heteroatoms. The molecule has 1 saturated heterocycles. The van der Waals surface area contributed by atoms with Crippen molar-refractivity contribution in [2.75, 3.05) is 24.6 Å². The Morgan fingerprint density at radius 1 is 1.44 bits per heavy atom. The van der Waals surface area contributed by atoms with Crippen LogP contribution in [-0.2, 0) is 7.05 Å². The molecular formula is C19H24N6O2. The van der Waals surface area contributed by atoms with E-state index in [1.807, 2.05) is 38.5 Å². The summed E-state index contributed by atoms with van der Waals surface area (Å²) in [7, 11) is 1.91. The summed E-state index contributed by atoms with van der Waals surface area (Å²) < 4.78 is 7.19. The van der Waals surface area contributed by atoms with Gasteiger partial charge in [-0.05, 0) is 38.0 Å². The first-order valence-corrected chi connectivity index (χ1v) is 9.29. The zero-order chi connectivity index (χ0) is 18.8. The normalized spacial score (nSPS) is 17.3. The molecule has 2 aromatic heterocycles. The number of fused-ring (bicyclic) bond motifs is 1. The third-order valence-electron chi connectivity index (χ3n) is 4.82. The second-order valence-corrected chi connectivity index (χ2v) is 6.84. The Kier molecular flexibility index (Phi) is 4.70. The molecule has 1 fully saturated rings. The molecule has 0 bridgehead atoms. The highest BCUT2D eigenvalue weighted by molar-refractivity contribution is 5.97. The molecule has 1 amide bonds. The number of anilines is 1. The lowest BCUT2D eigenvalue weighted by molar-refractivity contribution is 0.0933. The van der Waals surface area contributed by atoms with Crippen molar-refractivity contribution in [2.45, 2.75) is 25.8 Å². The van der Waals surface area contributed by atoms with Crippen molar-refractivity contribution in [3.63, 3.8) is 0 Å². The van der Waals surface area contributed by atoms with Crippen LogP contribution in [0, 0.1) is 0 Å². The number of hydrogen-bond acceptors (Lipinski definition) is 5. The summed E-state index contributed by atoms with van der Waals surface area (Å²) in [4.78, 5) is 22.4. The largest absolute Gasteiger partial charge is 0.465 e. The number of carbonyl (C=O) groups is 1. The summed E-state index contributed by atoms with van der Waals surface area (Å²) in [5, 5.41) is 7.40. The molecule has 8 nitrogen and oxygen atoms in total. The quantitative estimate of drug-likeness (QED) is 0.720. The average Bonchev–Trinajstić information content (AvgIpc) is 3.27. The van der Waals surface area contributed by atoms with E-state index in [1.54, 1.807) is 10.7 Å². The van der Waals surface area contributed by atoms with Gasteiger partial charge in [0.05, 0.1) is 29.5 Å². The molecular weight excluding hydrogens is 344 g/mol. The first kappa shape index (κ1) is 17.4. The minimum atomic E-state index is -0.0671. The molecule has 1 aliphatic heterocycles. The zero-order valence-electron chi connectivity index (χ0n) is 15.6. The lowest BCUT2D eigenvalue weighted by Crippen LogP contribution is -2.47. The maximum Gasteiger partial charge on any atom is 0.294 e. The molecule has 1 unspecified atom stereocenters. The van der Waals surface area contributed by atoms with Gasteiger partial charge in [0, 0.05) is 37.9 Å². The van der Waals surface area contributed by atoms with Crippen LogP contribution < -0.4 is 15.0 Å². The Balaban J connectivity index is 1.44. The summed E-state index contributed by atoms with van der Waals surface area (Å²) in [5.41, 5.74) is 3.30. The van der Waals surface area contributed by atoms with E-state index >= 15 is 0 Å². The second kappa shape index (κ2) is 7.30. The van der Waals surface area contributed by atoms with E-state index in [1.165, 1.54) is 0 Å². The predicted octanol–water partition coefficient (Wildman–Crippen LogP) is 2.09. The van der Waals surface area contributed by atoms with E-state index in [0.29, 0.717) is 18.2 Å². The number of aryl methyl sites for hydroxylation is 1. The molecule has 1 aliphatic rings. The number of amides is 1. The number of carbonyl (C=O) groups excluding carboxylic acids is 1. The van der Waals surface area contributed by atoms with Gasteiger partial charge >= 0.3 is 0 Å². The standard InChI is InChI=1S/C19H24N6O2/c1-3-27-19-22-16-7-6-13(9-17(16)23-19)18(26)21-14-5-4-8-25(11-14)15-10-20-24(2)12-15/h6-7,9-10,12,14H,3-5,8,11H2,1-2H3,(H,21,26)(H,22,23). The van der Waals surface area contributed by atoms with Crippen LogP contribution >= 0.6 is 0 Å². The number of aromatic nitrogens is 4. The van der Waals surface area contributed by atoms with Gasteiger partial charge in [-0.15, -0.1) is 0 Å². The molecule has 4 rings (SSSR count). The third-order valence-corrected chi connectivity index (χ3v) is 4.82. The molecule has 2 N–H and O–H groups in total. The monoisotopic (exact) mass is 368 g/mol. The first-order valence-electron chi connectivity index (χ1n) is 9.29. The summed E-state index contributed by atoms with van der Waals surface area (Å²) in [6.45, 7) is 4.23. The Hall–Kier alpha value is -3.03. The number of nitrogens with one attached hydrogen (secondary N) is 2. The molecule has 0 spiro atoms. The summed E-state index contributed by atoms with van der Waals surface area (Å²) in [6, 6.07) is 6.05. The van der Waals surface area contributed by atoms with Crippen molar-refractivity contribution < 1.29 is 9.53 Å². The Morgan fingerprint density at radius 3 is 3.11 bits per heavy atom. The fourth-order valence-corrected chi connectivity index (χ4v) is 3.50. The molecule has 0 aliphatic carbocycles. The number of ether oxygens (including phenoxy) is 1. The average molecular weight is 368 g/mol. The van der Waals surface area contributed by atoms with Gasteiger partial charge in [0.1, 0.15) is 0 Å². The van der Waals surface area contributed by atoms with Crippen molar-refractivity contribution in [3.05, 3.63) is 36.2 Å². The molecule has 0 saturated carbocycles. The van der Waals surface area contributed by atoms with Crippen LogP contribution in [0.25, 0.3) is 11.0 Å². The maximum atomic E-state index is 12.7. The number of benzene rings is 1. The Morgan fingerprint density at radius 2 is 2.33 bits per heavy atom. The lowest BCUT2D eigenvalue weighted by Gasteiger charge is -2.33. The van der Waals surface area contributed by atoms with Crippen LogP contribution in [-0.4, -0.2) is 51.4 Å². The Bertz CT molecular complexity index is 947. The van der Waals surface area contributed by atoms with Gasteiger partial charge in [0.15, 0.2) is 0 Å². The minimum absolute atomic E-state index is 0.0671. The van der Waals surface area contributed by atoms with E-state index < -0.39 is 0 Å². The van der Waals surface area contributed by atoms with Gasteiger partial charge in [-0.2, -0.15) is 10.1 Å². The number of H-pyrrole nitrogens is 1. The molecule has 142 valence electrons. The van der Waals surface area contributed by atoms with Gasteiger partial charge in [-0.1, -0.05) is 0 Å². The lowest BCUT2D eigenvalue weighted by atomic mass is 10.0. The van der Waals surface area contributed by atoms with Gasteiger partial charge in [0.25, 0.3) is 11.9 Å². The summed E-state index contributed by atoms with van der Waals surface area (Å²) in [5.74, 6) is -0.0671. The van der Waals surface area contributed by atoms with Crippen LogP contribution in [0.1, 0.15) is 30.1 Å². The van der Waals surface area contributed by atoms with Crippen molar-refractivity contribution in [3.8, 4) is 6.01 Å². The summed E-state index contributed by atoms with van der Waals surface area (Å²) >= 11 is 0.